The van der Waals surface area contributed by atoms with Crippen molar-refractivity contribution in [3.63, 3.8) is 0 Å². The van der Waals surface area contributed by atoms with E-state index in [0.717, 1.165) is 10.9 Å². The molecule has 0 fully saturated rings. The van der Waals surface area contributed by atoms with E-state index in [9.17, 15) is 8.42 Å². The molecular weight excluding hydrogens is 250 g/mol. The van der Waals surface area contributed by atoms with Gasteiger partial charge in [0.2, 0.25) is 0 Å². The lowest BCUT2D eigenvalue weighted by Gasteiger charge is -2.04. The zero-order chi connectivity index (χ0) is 13.3. The average Bonchev–Trinajstić information content (AvgIpc) is 2.68. The first-order chi connectivity index (χ1) is 8.42. The van der Waals surface area contributed by atoms with E-state index in [0.29, 0.717) is 17.9 Å². The van der Waals surface area contributed by atoms with Crippen LogP contribution in [0.5, 0.6) is 0 Å². The van der Waals surface area contributed by atoms with Crippen LogP contribution < -0.4 is 5.73 Å². The van der Waals surface area contributed by atoms with Crippen LogP contribution in [0.3, 0.4) is 0 Å². The van der Waals surface area contributed by atoms with E-state index in [1.165, 1.54) is 0 Å². The van der Waals surface area contributed by atoms with Crippen molar-refractivity contribution in [2.45, 2.75) is 31.4 Å². The summed E-state index contributed by atoms with van der Waals surface area (Å²) in [6, 6.07) is 7.43. The Kier molecular flexibility index (Phi) is 3.45. The topological polar surface area (TPSA) is 73.3 Å². The SMILES string of the molecule is CC(C)S(=O)(=O)Cc1cc2ccc(CN)cc2o1. The van der Waals surface area contributed by atoms with Crippen LogP contribution in [0.1, 0.15) is 25.2 Å². The highest BCUT2D eigenvalue weighted by molar-refractivity contribution is 7.91. The quantitative estimate of drug-likeness (QED) is 0.921. The highest BCUT2D eigenvalue weighted by Gasteiger charge is 2.19. The summed E-state index contributed by atoms with van der Waals surface area (Å²) in [5.74, 6) is 0.421. The minimum atomic E-state index is -3.13. The first-order valence-corrected chi connectivity index (χ1v) is 7.57. The maximum atomic E-state index is 11.8. The Bertz CT molecular complexity index is 656. The Morgan fingerprint density at radius 2 is 2.00 bits per heavy atom. The van der Waals surface area contributed by atoms with Gasteiger partial charge >= 0.3 is 0 Å². The highest BCUT2D eigenvalue weighted by Crippen LogP contribution is 2.23. The molecule has 0 bridgehead atoms. The number of sulfone groups is 1. The van der Waals surface area contributed by atoms with Gasteiger partial charge in [0, 0.05) is 11.9 Å². The molecule has 0 saturated carbocycles. The number of hydrogen-bond donors (Lipinski definition) is 1. The van der Waals surface area contributed by atoms with Gasteiger partial charge in [-0.05, 0) is 31.5 Å². The van der Waals surface area contributed by atoms with Crippen LogP contribution >= 0.6 is 0 Å². The molecule has 0 aliphatic heterocycles. The van der Waals surface area contributed by atoms with Crippen LogP contribution in [0.2, 0.25) is 0 Å². The molecule has 1 aromatic heterocycles. The van der Waals surface area contributed by atoms with Crippen LogP contribution in [0, 0.1) is 0 Å². The van der Waals surface area contributed by atoms with E-state index in [2.05, 4.69) is 0 Å². The molecule has 0 spiro atoms. The summed E-state index contributed by atoms with van der Waals surface area (Å²) in [7, 11) is -3.13. The molecule has 18 heavy (non-hydrogen) atoms. The maximum Gasteiger partial charge on any atom is 0.159 e. The van der Waals surface area contributed by atoms with Gasteiger partial charge in [0.1, 0.15) is 17.1 Å². The Balaban J connectivity index is 2.36. The molecule has 2 aromatic rings. The van der Waals surface area contributed by atoms with E-state index in [4.69, 9.17) is 10.2 Å². The number of fused-ring (bicyclic) bond motifs is 1. The van der Waals surface area contributed by atoms with Gasteiger partial charge in [-0.2, -0.15) is 0 Å². The van der Waals surface area contributed by atoms with Crippen LogP contribution in [0.15, 0.2) is 28.7 Å². The molecule has 0 unspecified atom stereocenters. The molecule has 0 aliphatic carbocycles. The van der Waals surface area contributed by atoms with Crippen LogP contribution in [0.25, 0.3) is 11.0 Å². The van der Waals surface area contributed by atoms with Crippen molar-refractivity contribution in [3.8, 4) is 0 Å². The molecule has 1 aromatic carbocycles. The lowest BCUT2D eigenvalue weighted by molar-refractivity contribution is 0.550. The van der Waals surface area contributed by atoms with Crippen molar-refractivity contribution < 1.29 is 12.8 Å². The summed E-state index contributed by atoms with van der Waals surface area (Å²) in [6.07, 6.45) is 0. The number of hydrogen-bond acceptors (Lipinski definition) is 4. The van der Waals surface area contributed by atoms with E-state index in [-0.39, 0.29) is 5.75 Å². The molecule has 0 aliphatic rings. The number of benzene rings is 1. The van der Waals surface area contributed by atoms with Gasteiger partial charge < -0.3 is 10.2 Å². The number of rotatable bonds is 4. The average molecular weight is 267 g/mol. The molecule has 4 nitrogen and oxygen atoms in total. The molecule has 2 rings (SSSR count). The predicted molar refractivity (Wildman–Crippen MR) is 71.9 cm³/mol. The minimum Gasteiger partial charge on any atom is -0.460 e. The maximum absolute atomic E-state index is 11.8. The molecule has 1 heterocycles. The van der Waals surface area contributed by atoms with Gasteiger partial charge in [-0.1, -0.05) is 12.1 Å². The summed E-state index contributed by atoms with van der Waals surface area (Å²) in [4.78, 5) is 0. The second-order valence-corrected chi connectivity index (χ2v) is 7.20. The standard InChI is InChI=1S/C13H17NO3S/c1-9(2)18(15,16)8-12-6-11-4-3-10(7-14)5-13(11)17-12/h3-6,9H,7-8,14H2,1-2H3. The molecule has 98 valence electrons. The van der Waals surface area contributed by atoms with Gasteiger partial charge in [-0.15, -0.1) is 0 Å². The molecule has 0 radical (unpaired) electrons. The van der Waals surface area contributed by atoms with E-state index in [1.54, 1.807) is 19.9 Å². The van der Waals surface area contributed by atoms with Crippen molar-refractivity contribution in [1.29, 1.82) is 0 Å². The number of furan rings is 1. The normalized spacial score (nSPS) is 12.4. The zero-order valence-corrected chi connectivity index (χ0v) is 11.3. The fraction of sp³-hybridized carbons (Fsp3) is 0.385. The molecule has 0 saturated heterocycles. The zero-order valence-electron chi connectivity index (χ0n) is 10.5. The Morgan fingerprint density at radius 1 is 1.28 bits per heavy atom. The summed E-state index contributed by atoms with van der Waals surface area (Å²) in [5, 5.41) is 0.506. The minimum absolute atomic E-state index is 0.0582. The third-order valence-electron chi connectivity index (χ3n) is 2.93. The first kappa shape index (κ1) is 13.1. The van der Waals surface area contributed by atoms with Crippen molar-refractivity contribution in [2.24, 2.45) is 5.73 Å². The number of nitrogens with two attached hydrogens (primary N) is 1. The summed E-state index contributed by atoms with van der Waals surface area (Å²) < 4.78 is 29.2. The van der Waals surface area contributed by atoms with Crippen molar-refractivity contribution in [3.05, 3.63) is 35.6 Å². The molecule has 5 heteroatoms. The third-order valence-corrected chi connectivity index (χ3v) is 5.06. The Morgan fingerprint density at radius 3 is 2.61 bits per heavy atom. The third kappa shape index (κ3) is 2.57. The summed E-state index contributed by atoms with van der Waals surface area (Å²) in [5.41, 5.74) is 7.21. The van der Waals surface area contributed by atoms with Crippen molar-refractivity contribution in [1.82, 2.24) is 0 Å². The van der Waals surface area contributed by atoms with Gasteiger partial charge in [0.05, 0.1) is 5.25 Å². The summed E-state index contributed by atoms with van der Waals surface area (Å²) in [6.45, 7) is 3.78. The lowest BCUT2D eigenvalue weighted by atomic mass is 10.2. The predicted octanol–water partition coefficient (Wildman–Crippen LogP) is 2.21. The molecule has 2 N–H and O–H groups in total. The molecule has 0 amide bonds. The van der Waals surface area contributed by atoms with Gasteiger partial charge in [-0.3, -0.25) is 0 Å². The van der Waals surface area contributed by atoms with E-state index >= 15 is 0 Å². The van der Waals surface area contributed by atoms with Crippen molar-refractivity contribution >= 4 is 20.8 Å². The largest absolute Gasteiger partial charge is 0.460 e. The fourth-order valence-corrected chi connectivity index (χ4v) is 2.57. The lowest BCUT2D eigenvalue weighted by Crippen LogP contribution is -2.15. The second kappa shape index (κ2) is 4.74. The van der Waals surface area contributed by atoms with Gasteiger partial charge in [0.15, 0.2) is 9.84 Å². The van der Waals surface area contributed by atoms with Crippen LogP contribution in [-0.4, -0.2) is 13.7 Å². The monoisotopic (exact) mass is 267 g/mol. The van der Waals surface area contributed by atoms with Gasteiger partial charge in [0.25, 0.3) is 0 Å². The van der Waals surface area contributed by atoms with Crippen LogP contribution in [-0.2, 0) is 22.1 Å². The van der Waals surface area contributed by atoms with Crippen molar-refractivity contribution in [2.75, 3.05) is 0 Å². The Labute approximate surface area is 107 Å². The molecular formula is C13H17NO3S. The molecule has 0 atom stereocenters. The van der Waals surface area contributed by atoms with Crippen LogP contribution in [0.4, 0.5) is 0 Å². The smallest absolute Gasteiger partial charge is 0.159 e. The highest BCUT2D eigenvalue weighted by atomic mass is 32.2. The summed E-state index contributed by atoms with van der Waals surface area (Å²) >= 11 is 0. The van der Waals surface area contributed by atoms with E-state index < -0.39 is 15.1 Å². The Hall–Kier alpha value is -1.33. The first-order valence-electron chi connectivity index (χ1n) is 5.85. The van der Waals surface area contributed by atoms with E-state index in [1.807, 2.05) is 18.2 Å². The fourth-order valence-electron chi connectivity index (χ4n) is 1.69. The van der Waals surface area contributed by atoms with Gasteiger partial charge in [-0.25, -0.2) is 8.42 Å². The second-order valence-electron chi connectivity index (χ2n) is 4.64.